The number of nitrogens with zero attached hydrogens (tertiary/aromatic N) is 1. The van der Waals surface area contributed by atoms with E-state index in [4.69, 9.17) is 17.0 Å². The molecule has 3 N–H and O–H groups in total. The van der Waals surface area contributed by atoms with Gasteiger partial charge < -0.3 is 15.2 Å². The predicted octanol–water partition coefficient (Wildman–Crippen LogP) is 3.26. The van der Waals surface area contributed by atoms with Gasteiger partial charge >= 0.3 is 0 Å². The molecule has 0 atom stereocenters. The van der Waals surface area contributed by atoms with Gasteiger partial charge in [-0.15, -0.1) is 0 Å². The number of carbonyl (C=O) groups excluding carboxylic acids is 1. The van der Waals surface area contributed by atoms with Gasteiger partial charge in [0.05, 0.1) is 15.1 Å². The maximum Gasteiger partial charge on any atom is 0.271 e. The number of ether oxygens (including phenoxy) is 1. The summed E-state index contributed by atoms with van der Waals surface area (Å²) in [6.45, 7) is 1.64. The standard InChI is InChI=1S/C16H14BrN3O5S/c1-9-2-5-14(11(17)6-9)25-8-15(22)19-16(26)18-12-7-10(20(23)24)3-4-13(12)21/h2-7,21H,8H2,1H3,(H2,18,19,22,26). The Labute approximate surface area is 162 Å². The van der Waals surface area contributed by atoms with Crippen molar-refractivity contribution >= 4 is 50.5 Å². The molecule has 1 amide bonds. The number of hydrogen-bond donors (Lipinski definition) is 3. The predicted molar refractivity (Wildman–Crippen MR) is 103 cm³/mol. The molecule has 2 aromatic carbocycles. The van der Waals surface area contributed by atoms with Crippen LogP contribution in [0.25, 0.3) is 0 Å². The Kier molecular flexibility index (Phi) is 6.47. The topological polar surface area (TPSA) is 114 Å². The summed E-state index contributed by atoms with van der Waals surface area (Å²) < 4.78 is 6.11. The normalized spacial score (nSPS) is 10.1. The molecule has 0 aliphatic rings. The van der Waals surface area contributed by atoms with Gasteiger partial charge in [0.25, 0.3) is 11.6 Å². The molecular weight excluding hydrogens is 426 g/mol. The highest BCUT2D eigenvalue weighted by Crippen LogP contribution is 2.28. The lowest BCUT2D eigenvalue weighted by Gasteiger charge is -2.12. The highest BCUT2D eigenvalue weighted by Gasteiger charge is 2.13. The second kappa shape index (κ2) is 8.59. The lowest BCUT2D eigenvalue weighted by Crippen LogP contribution is -2.37. The van der Waals surface area contributed by atoms with Crippen molar-refractivity contribution in [1.29, 1.82) is 0 Å². The van der Waals surface area contributed by atoms with Gasteiger partial charge in [-0.05, 0) is 58.8 Å². The monoisotopic (exact) mass is 439 g/mol. The van der Waals surface area contributed by atoms with E-state index >= 15 is 0 Å². The molecule has 0 saturated heterocycles. The number of aromatic hydroxyl groups is 1. The van der Waals surface area contributed by atoms with Gasteiger partial charge in [-0.1, -0.05) is 6.07 Å². The molecule has 0 fully saturated rings. The zero-order chi connectivity index (χ0) is 19.3. The van der Waals surface area contributed by atoms with E-state index in [9.17, 15) is 20.0 Å². The third-order valence-electron chi connectivity index (χ3n) is 3.14. The van der Waals surface area contributed by atoms with Crippen LogP contribution >= 0.6 is 28.1 Å². The van der Waals surface area contributed by atoms with Crippen molar-refractivity contribution in [2.75, 3.05) is 11.9 Å². The molecule has 0 saturated carbocycles. The third kappa shape index (κ3) is 5.39. The number of carbonyl (C=O) groups is 1. The zero-order valence-electron chi connectivity index (χ0n) is 13.5. The minimum Gasteiger partial charge on any atom is -0.506 e. The van der Waals surface area contributed by atoms with E-state index in [0.29, 0.717) is 10.2 Å². The van der Waals surface area contributed by atoms with Gasteiger partial charge in [0.2, 0.25) is 0 Å². The molecule has 0 radical (unpaired) electrons. The fourth-order valence-corrected chi connectivity index (χ4v) is 2.75. The molecule has 2 aromatic rings. The minimum absolute atomic E-state index is 0.00620. The Bertz CT molecular complexity index is 875. The van der Waals surface area contributed by atoms with E-state index in [2.05, 4.69) is 26.6 Å². The first-order valence-corrected chi connectivity index (χ1v) is 8.43. The Morgan fingerprint density at radius 3 is 2.73 bits per heavy atom. The molecule has 10 heteroatoms. The van der Waals surface area contributed by atoms with Gasteiger partial charge in [-0.2, -0.15) is 0 Å². The highest BCUT2D eigenvalue weighted by molar-refractivity contribution is 9.10. The maximum atomic E-state index is 11.9. The molecule has 0 unspecified atom stereocenters. The van der Waals surface area contributed by atoms with Crippen molar-refractivity contribution in [3.05, 3.63) is 56.5 Å². The average molecular weight is 440 g/mol. The summed E-state index contributed by atoms with van der Waals surface area (Å²) in [6.07, 6.45) is 0. The van der Waals surface area contributed by atoms with E-state index in [1.165, 1.54) is 0 Å². The first-order chi connectivity index (χ1) is 12.3. The number of amides is 1. The van der Waals surface area contributed by atoms with E-state index in [1.54, 1.807) is 6.07 Å². The van der Waals surface area contributed by atoms with Gasteiger partial charge in [0.1, 0.15) is 11.5 Å². The lowest BCUT2D eigenvalue weighted by atomic mass is 10.2. The largest absolute Gasteiger partial charge is 0.506 e. The number of nitro groups is 1. The Morgan fingerprint density at radius 1 is 1.35 bits per heavy atom. The SMILES string of the molecule is Cc1ccc(OCC(=O)NC(=S)Nc2cc([N+](=O)[O-])ccc2O)c(Br)c1. The summed E-state index contributed by atoms with van der Waals surface area (Å²) in [5.74, 6) is -0.270. The van der Waals surface area contributed by atoms with Crippen LogP contribution in [0.3, 0.4) is 0 Å². The van der Waals surface area contributed by atoms with Crippen LogP contribution in [0.15, 0.2) is 40.9 Å². The number of anilines is 1. The van der Waals surface area contributed by atoms with Crippen LogP contribution < -0.4 is 15.4 Å². The molecule has 26 heavy (non-hydrogen) atoms. The summed E-state index contributed by atoms with van der Waals surface area (Å²) in [6, 6.07) is 8.83. The Hall–Kier alpha value is -2.72. The first-order valence-electron chi connectivity index (χ1n) is 7.23. The molecule has 0 bridgehead atoms. The second-order valence-electron chi connectivity index (χ2n) is 5.18. The van der Waals surface area contributed by atoms with E-state index in [1.807, 2.05) is 19.1 Å². The number of aryl methyl sites for hydroxylation is 1. The molecule has 2 rings (SSSR count). The molecule has 8 nitrogen and oxygen atoms in total. The lowest BCUT2D eigenvalue weighted by molar-refractivity contribution is -0.384. The van der Waals surface area contributed by atoms with Crippen molar-refractivity contribution in [2.24, 2.45) is 0 Å². The van der Waals surface area contributed by atoms with Crippen LogP contribution in [0.4, 0.5) is 11.4 Å². The fraction of sp³-hybridized carbons (Fsp3) is 0.125. The van der Waals surface area contributed by atoms with Crippen LogP contribution in [-0.4, -0.2) is 27.7 Å². The van der Waals surface area contributed by atoms with Crippen LogP contribution in [0.1, 0.15) is 5.56 Å². The summed E-state index contributed by atoms with van der Waals surface area (Å²) in [5, 5.41) is 25.3. The highest BCUT2D eigenvalue weighted by atomic mass is 79.9. The summed E-state index contributed by atoms with van der Waals surface area (Å²) in [4.78, 5) is 22.1. The number of nitrogens with one attached hydrogen (secondary N) is 2. The molecule has 0 spiro atoms. The van der Waals surface area contributed by atoms with Crippen molar-refractivity contribution < 1.29 is 19.6 Å². The number of phenolic OH excluding ortho intramolecular Hbond substituents is 1. The summed E-state index contributed by atoms with van der Waals surface area (Å²) in [7, 11) is 0. The van der Waals surface area contributed by atoms with Crippen molar-refractivity contribution in [2.45, 2.75) is 6.92 Å². The molecular formula is C16H14BrN3O5S. The van der Waals surface area contributed by atoms with Crippen molar-refractivity contribution in [3.8, 4) is 11.5 Å². The van der Waals surface area contributed by atoms with E-state index < -0.39 is 10.8 Å². The van der Waals surface area contributed by atoms with E-state index in [-0.39, 0.29) is 28.8 Å². The van der Waals surface area contributed by atoms with Crippen LogP contribution in [0.2, 0.25) is 0 Å². The van der Waals surface area contributed by atoms with Crippen molar-refractivity contribution in [1.82, 2.24) is 5.32 Å². The van der Waals surface area contributed by atoms with Gasteiger partial charge in [0.15, 0.2) is 11.7 Å². The minimum atomic E-state index is -0.612. The molecule has 136 valence electrons. The molecule has 0 aliphatic carbocycles. The summed E-state index contributed by atoms with van der Waals surface area (Å²) in [5.41, 5.74) is 0.814. The van der Waals surface area contributed by atoms with E-state index in [0.717, 1.165) is 23.8 Å². The summed E-state index contributed by atoms with van der Waals surface area (Å²) >= 11 is 8.31. The average Bonchev–Trinajstić information content (AvgIpc) is 2.55. The first kappa shape index (κ1) is 19.6. The second-order valence-corrected chi connectivity index (χ2v) is 6.45. The maximum absolute atomic E-state index is 11.9. The zero-order valence-corrected chi connectivity index (χ0v) is 15.9. The number of thiocarbonyl (C=S) groups is 1. The number of hydrogen-bond acceptors (Lipinski definition) is 6. The molecule has 0 aromatic heterocycles. The van der Waals surface area contributed by atoms with Crippen LogP contribution in [-0.2, 0) is 4.79 Å². The number of nitro benzene ring substituents is 1. The molecule has 0 aliphatic heterocycles. The Balaban J connectivity index is 1.92. The smallest absolute Gasteiger partial charge is 0.271 e. The van der Waals surface area contributed by atoms with Gasteiger partial charge in [-0.3, -0.25) is 20.2 Å². The Morgan fingerprint density at radius 2 is 2.08 bits per heavy atom. The van der Waals surface area contributed by atoms with Crippen molar-refractivity contribution in [3.63, 3.8) is 0 Å². The van der Waals surface area contributed by atoms with Crippen LogP contribution in [0.5, 0.6) is 11.5 Å². The third-order valence-corrected chi connectivity index (χ3v) is 3.96. The number of halogens is 1. The number of benzene rings is 2. The number of phenols is 1. The quantitative estimate of drug-likeness (QED) is 0.283. The van der Waals surface area contributed by atoms with Gasteiger partial charge in [0, 0.05) is 12.1 Å². The molecule has 0 heterocycles. The fourth-order valence-electron chi connectivity index (χ4n) is 1.92. The van der Waals surface area contributed by atoms with Gasteiger partial charge in [-0.25, -0.2) is 0 Å². The van der Waals surface area contributed by atoms with Crippen LogP contribution in [0, 0.1) is 17.0 Å². The number of rotatable bonds is 5. The number of non-ortho nitro benzene ring substituents is 1.